The van der Waals surface area contributed by atoms with Crippen LogP contribution in [0, 0.1) is 20.2 Å². The smallest absolute Gasteiger partial charge is 0.338 e. The number of hydrogen-bond acceptors (Lipinski definition) is 13. The van der Waals surface area contributed by atoms with Crippen molar-refractivity contribution in [1.82, 2.24) is 4.57 Å². The van der Waals surface area contributed by atoms with Gasteiger partial charge in [-0.25, -0.2) is 9.79 Å². The number of non-ortho nitro benzene ring substituents is 1. The van der Waals surface area contributed by atoms with E-state index >= 15 is 0 Å². The number of benzene rings is 3. The third-order valence-electron chi connectivity index (χ3n) is 7.34. The van der Waals surface area contributed by atoms with E-state index in [2.05, 4.69) is 20.9 Å². The van der Waals surface area contributed by atoms with Gasteiger partial charge in [-0.05, 0) is 77.3 Å². The molecule has 0 spiro atoms. The van der Waals surface area contributed by atoms with E-state index in [4.69, 9.17) is 23.7 Å². The van der Waals surface area contributed by atoms with Crippen molar-refractivity contribution in [3.63, 3.8) is 0 Å². The molecule has 1 atom stereocenters. The maximum absolute atomic E-state index is 14.1. The van der Waals surface area contributed by atoms with Gasteiger partial charge in [0.05, 0.1) is 55.9 Å². The summed E-state index contributed by atoms with van der Waals surface area (Å²) in [5.74, 6) is 0.376. The van der Waals surface area contributed by atoms with Gasteiger partial charge < -0.3 is 23.7 Å². The number of allylic oxidation sites excluding steroid dienone is 1. The second kappa shape index (κ2) is 12.9. The topological polar surface area (TPSA) is 184 Å². The molecular formula is C31H23BrN4O11S. The van der Waals surface area contributed by atoms with Gasteiger partial charge in [-0.15, -0.1) is 0 Å². The van der Waals surface area contributed by atoms with Crippen molar-refractivity contribution < 1.29 is 38.3 Å². The molecule has 0 aliphatic carbocycles. The maximum atomic E-state index is 14.1. The van der Waals surface area contributed by atoms with Crippen LogP contribution in [0.5, 0.6) is 28.7 Å². The monoisotopic (exact) mass is 738 g/mol. The van der Waals surface area contributed by atoms with Crippen LogP contribution >= 0.6 is 27.3 Å². The summed E-state index contributed by atoms with van der Waals surface area (Å²) in [6.45, 7) is 3.55. The Balaban J connectivity index is 1.44. The van der Waals surface area contributed by atoms with Crippen molar-refractivity contribution in [1.29, 1.82) is 0 Å². The summed E-state index contributed by atoms with van der Waals surface area (Å²) < 4.78 is 29.7. The highest BCUT2D eigenvalue weighted by molar-refractivity contribution is 9.10. The van der Waals surface area contributed by atoms with E-state index in [1.165, 1.54) is 11.7 Å². The van der Waals surface area contributed by atoms with Crippen LogP contribution in [0.1, 0.15) is 31.0 Å². The number of carbonyl (C=O) groups is 1. The Labute approximate surface area is 282 Å². The van der Waals surface area contributed by atoms with Crippen LogP contribution in [-0.4, -0.2) is 40.9 Å². The lowest BCUT2D eigenvalue weighted by Gasteiger charge is -2.24. The van der Waals surface area contributed by atoms with Gasteiger partial charge in [0.25, 0.3) is 11.2 Å². The number of ether oxygens (including phenoxy) is 5. The molecule has 2 aliphatic rings. The summed E-state index contributed by atoms with van der Waals surface area (Å²) in [4.78, 5) is 53.5. The first-order valence-corrected chi connectivity index (χ1v) is 15.7. The number of thiazole rings is 1. The summed E-state index contributed by atoms with van der Waals surface area (Å²) in [5, 5.41) is 22.8. The zero-order valence-electron chi connectivity index (χ0n) is 25.3. The summed E-state index contributed by atoms with van der Waals surface area (Å²) in [5.41, 5.74) is 0.190. The minimum Gasteiger partial charge on any atom is -0.493 e. The third-order valence-corrected chi connectivity index (χ3v) is 8.91. The van der Waals surface area contributed by atoms with Crippen LogP contribution in [0.25, 0.3) is 6.08 Å². The molecule has 17 heteroatoms. The summed E-state index contributed by atoms with van der Waals surface area (Å²) >= 11 is 4.53. The van der Waals surface area contributed by atoms with E-state index < -0.39 is 38.8 Å². The Hall–Kier alpha value is -5.55. The van der Waals surface area contributed by atoms with Gasteiger partial charge in [-0.1, -0.05) is 17.4 Å². The molecule has 246 valence electrons. The Kier molecular flexibility index (Phi) is 8.72. The zero-order chi connectivity index (χ0) is 34.3. The number of methoxy groups -OCH3 is 1. The normalized spacial score (nSPS) is 15.1. The van der Waals surface area contributed by atoms with E-state index in [0.29, 0.717) is 37.6 Å². The highest BCUT2D eigenvalue weighted by atomic mass is 79.9. The van der Waals surface area contributed by atoms with Crippen LogP contribution in [0.4, 0.5) is 11.4 Å². The first-order valence-electron chi connectivity index (χ1n) is 14.1. The fourth-order valence-electron chi connectivity index (χ4n) is 5.22. The minimum atomic E-state index is -0.869. The van der Waals surface area contributed by atoms with Crippen molar-refractivity contribution in [3.05, 3.63) is 115 Å². The predicted molar refractivity (Wildman–Crippen MR) is 173 cm³/mol. The molecule has 4 aromatic rings. The molecule has 6 rings (SSSR count). The van der Waals surface area contributed by atoms with Crippen LogP contribution < -0.4 is 33.8 Å². The SMILES string of the molecule is CCOC(=O)C1=C(C)N=c2s/c(=C\c3cc(Br)c(Oc4ccc([N+](=O)[O-])cc4[N+](=O)[O-])c(OC)c3)c(=O)n2[C@@H]1c1ccc2c(c1)OCO2. The van der Waals surface area contributed by atoms with E-state index in [1.807, 2.05) is 0 Å². The van der Waals surface area contributed by atoms with Crippen molar-refractivity contribution in [2.45, 2.75) is 19.9 Å². The summed E-state index contributed by atoms with van der Waals surface area (Å²) in [6, 6.07) is 10.5. The lowest BCUT2D eigenvalue weighted by Crippen LogP contribution is -2.39. The molecule has 0 bridgehead atoms. The average molecular weight is 740 g/mol. The van der Waals surface area contributed by atoms with Crippen LogP contribution in [-0.2, 0) is 9.53 Å². The highest BCUT2D eigenvalue weighted by Crippen LogP contribution is 2.43. The van der Waals surface area contributed by atoms with Gasteiger partial charge in [-0.3, -0.25) is 29.6 Å². The Morgan fingerprint density at radius 2 is 1.88 bits per heavy atom. The molecule has 1 aromatic heterocycles. The molecule has 0 unspecified atom stereocenters. The van der Waals surface area contributed by atoms with Gasteiger partial charge in [0.1, 0.15) is 0 Å². The molecule has 48 heavy (non-hydrogen) atoms. The lowest BCUT2D eigenvalue weighted by atomic mass is 9.95. The second-order valence-corrected chi connectivity index (χ2v) is 12.1. The molecule has 0 fully saturated rings. The summed E-state index contributed by atoms with van der Waals surface area (Å²) in [7, 11) is 1.36. The first kappa shape index (κ1) is 32.4. The molecule has 3 heterocycles. The molecular weight excluding hydrogens is 716 g/mol. The fraction of sp³-hybridized carbons (Fsp3) is 0.194. The van der Waals surface area contributed by atoms with E-state index in [0.717, 1.165) is 29.5 Å². The van der Waals surface area contributed by atoms with E-state index in [9.17, 15) is 29.8 Å². The molecule has 0 radical (unpaired) electrons. The molecule has 0 saturated heterocycles. The molecule has 3 aromatic carbocycles. The van der Waals surface area contributed by atoms with Crippen molar-refractivity contribution in [3.8, 4) is 28.7 Å². The number of nitro benzene ring substituents is 2. The Morgan fingerprint density at radius 3 is 2.58 bits per heavy atom. The van der Waals surface area contributed by atoms with Crippen molar-refractivity contribution in [2.75, 3.05) is 20.5 Å². The zero-order valence-corrected chi connectivity index (χ0v) is 27.7. The Bertz CT molecular complexity index is 2250. The quantitative estimate of drug-likeness (QED) is 0.129. The lowest BCUT2D eigenvalue weighted by molar-refractivity contribution is -0.394. The van der Waals surface area contributed by atoms with Gasteiger partial charge in [0.15, 0.2) is 27.8 Å². The average Bonchev–Trinajstić information content (AvgIpc) is 3.64. The molecule has 2 aliphatic heterocycles. The van der Waals surface area contributed by atoms with Gasteiger partial charge in [-0.2, -0.15) is 0 Å². The maximum Gasteiger partial charge on any atom is 0.338 e. The molecule has 0 amide bonds. The standard InChI is InChI=1S/C31H23BrN4O11S/c1-4-44-30(38)26-15(2)33-31-34(27(26)17-5-7-22-23(12-17)46-14-45-22)29(37)25(48-31)11-16-9-19(32)28(24(10-16)43-3)47-21-8-6-18(35(39)40)13-20(21)36(41)42/h5-13,27H,4,14H2,1-3H3/b25-11-/t27-/m1/s1. The molecule has 0 saturated carbocycles. The Morgan fingerprint density at radius 1 is 1.10 bits per heavy atom. The third kappa shape index (κ3) is 5.88. The summed E-state index contributed by atoms with van der Waals surface area (Å²) in [6.07, 6.45) is 1.61. The number of carbonyl (C=O) groups excluding carboxylic acids is 1. The second-order valence-electron chi connectivity index (χ2n) is 10.2. The van der Waals surface area contributed by atoms with Crippen LogP contribution in [0.2, 0.25) is 0 Å². The number of esters is 1. The van der Waals surface area contributed by atoms with Gasteiger partial charge in [0, 0.05) is 6.07 Å². The van der Waals surface area contributed by atoms with Crippen LogP contribution in [0.3, 0.4) is 0 Å². The number of nitro groups is 2. The first-order chi connectivity index (χ1) is 23.0. The van der Waals surface area contributed by atoms with Gasteiger partial charge >= 0.3 is 11.7 Å². The van der Waals surface area contributed by atoms with Gasteiger partial charge in [0.2, 0.25) is 12.5 Å². The van der Waals surface area contributed by atoms with Crippen molar-refractivity contribution >= 4 is 50.7 Å². The highest BCUT2D eigenvalue weighted by Gasteiger charge is 2.34. The predicted octanol–water partition coefficient (Wildman–Crippen LogP) is 4.91. The number of hydrogen-bond donors (Lipinski definition) is 0. The fourth-order valence-corrected chi connectivity index (χ4v) is 6.81. The largest absolute Gasteiger partial charge is 0.493 e. The van der Waals surface area contributed by atoms with Crippen LogP contribution in [0.15, 0.2) is 74.1 Å². The number of fused-ring (bicyclic) bond motifs is 2. The van der Waals surface area contributed by atoms with E-state index in [1.54, 1.807) is 50.3 Å². The minimum absolute atomic E-state index is 0.0504. The number of halogens is 1. The van der Waals surface area contributed by atoms with E-state index in [-0.39, 0.29) is 40.8 Å². The molecule has 0 N–H and O–H groups in total. The number of aromatic nitrogens is 1. The number of nitrogens with zero attached hydrogens (tertiary/aromatic N) is 4. The van der Waals surface area contributed by atoms with Crippen molar-refractivity contribution in [2.24, 2.45) is 4.99 Å². The molecule has 15 nitrogen and oxygen atoms in total. The number of rotatable bonds is 9.